The summed E-state index contributed by atoms with van der Waals surface area (Å²) in [5.74, 6) is -0.347. The molecule has 0 unspecified atom stereocenters. The van der Waals surface area contributed by atoms with Gasteiger partial charge in [0.05, 0.1) is 17.6 Å². The zero-order valence-electron chi connectivity index (χ0n) is 11.7. The lowest BCUT2D eigenvalue weighted by Gasteiger charge is -2.47. The third-order valence-corrected chi connectivity index (χ3v) is 6.46. The fourth-order valence-corrected chi connectivity index (χ4v) is 5.73. The van der Waals surface area contributed by atoms with E-state index in [0.29, 0.717) is 25.2 Å². The van der Waals surface area contributed by atoms with Crippen molar-refractivity contribution in [2.45, 2.75) is 51.6 Å². The van der Waals surface area contributed by atoms with Crippen LogP contribution in [-0.4, -0.2) is 33.5 Å². The lowest BCUT2D eigenvalue weighted by Crippen LogP contribution is -2.51. The molecule has 19 heavy (non-hydrogen) atoms. The third-order valence-electron chi connectivity index (χ3n) is 6.46. The molecule has 0 aromatic heterocycles. The zero-order chi connectivity index (χ0) is 14.1. The van der Waals surface area contributed by atoms with Gasteiger partial charge >= 0.3 is 5.97 Å². The summed E-state index contributed by atoms with van der Waals surface area (Å²) in [6, 6.07) is 0. The molecule has 3 N–H and O–H groups in total. The van der Waals surface area contributed by atoms with Gasteiger partial charge in [-0.05, 0) is 55.3 Å². The Kier molecular flexibility index (Phi) is 2.63. The summed E-state index contributed by atoms with van der Waals surface area (Å²) in [6.45, 7) is 4.10. The quantitative estimate of drug-likeness (QED) is 0.711. The molecule has 4 heteroatoms. The Morgan fingerprint density at radius 3 is 2.42 bits per heavy atom. The van der Waals surface area contributed by atoms with Crippen LogP contribution in [0.4, 0.5) is 0 Å². The molecule has 3 fully saturated rings. The lowest BCUT2D eigenvalue weighted by atomic mass is 9.61. The van der Waals surface area contributed by atoms with E-state index < -0.39 is 17.0 Å². The van der Waals surface area contributed by atoms with Gasteiger partial charge in [-0.25, -0.2) is 0 Å². The number of carboxylic acid groups (broad SMARTS) is 1. The Hall–Kier alpha value is -0.610. The smallest absolute Gasteiger partial charge is 0.309 e. The molecule has 0 radical (unpaired) electrons. The number of hydrogen-bond acceptors (Lipinski definition) is 3. The molecular weight excluding hydrogens is 244 g/mol. The van der Waals surface area contributed by atoms with Crippen molar-refractivity contribution in [3.63, 3.8) is 0 Å². The van der Waals surface area contributed by atoms with E-state index in [1.165, 1.54) is 0 Å². The average molecular weight is 268 g/mol. The maximum Gasteiger partial charge on any atom is 0.309 e. The van der Waals surface area contributed by atoms with Gasteiger partial charge in [-0.15, -0.1) is 0 Å². The number of hydrogen-bond donors (Lipinski definition) is 3. The van der Waals surface area contributed by atoms with Gasteiger partial charge in [0.1, 0.15) is 0 Å². The van der Waals surface area contributed by atoms with Crippen molar-refractivity contribution in [2.24, 2.45) is 28.6 Å². The number of carbonyl (C=O) groups is 1. The van der Waals surface area contributed by atoms with E-state index in [0.717, 1.165) is 12.8 Å². The number of carboxylic acids is 1. The first-order valence-corrected chi connectivity index (χ1v) is 7.33. The number of rotatable bonds is 2. The summed E-state index contributed by atoms with van der Waals surface area (Å²) in [5.41, 5.74) is -1.69. The van der Waals surface area contributed by atoms with Crippen molar-refractivity contribution in [2.75, 3.05) is 6.61 Å². The van der Waals surface area contributed by atoms with Crippen LogP contribution < -0.4 is 0 Å². The van der Waals surface area contributed by atoms with Crippen molar-refractivity contribution in [3.05, 3.63) is 0 Å². The first-order chi connectivity index (χ1) is 8.77. The fourth-order valence-electron chi connectivity index (χ4n) is 5.73. The molecule has 3 aliphatic rings. The van der Waals surface area contributed by atoms with Gasteiger partial charge in [-0.3, -0.25) is 4.79 Å². The van der Waals surface area contributed by atoms with Crippen LogP contribution >= 0.6 is 0 Å². The molecule has 0 amide bonds. The Bertz CT molecular complexity index is 418. The topological polar surface area (TPSA) is 77.8 Å². The highest BCUT2D eigenvalue weighted by Gasteiger charge is 2.70. The molecule has 0 aromatic carbocycles. The van der Waals surface area contributed by atoms with Gasteiger partial charge in [-0.2, -0.15) is 0 Å². The highest BCUT2D eigenvalue weighted by atomic mass is 16.4. The van der Waals surface area contributed by atoms with Crippen LogP contribution in [0, 0.1) is 28.6 Å². The Morgan fingerprint density at radius 1 is 1.21 bits per heavy atom. The van der Waals surface area contributed by atoms with Crippen LogP contribution in [0.1, 0.15) is 46.0 Å². The second kappa shape index (κ2) is 3.73. The van der Waals surface area contributed by atoms with E-state index >= 15 is 0 Å². The molecule has 3 aliphatic carbocycles. The highest BCUT2D eigenvalue weighted by Crippen LogP contribution is 2.70. The molecule has 0 spiro atoms. The van der Waals surface area contributed by atoms with E-state index in [1.54, 1.807) is 0 Å². The standard InChI is InChI=1S/C15H24O4/c1-13(2)7-14(12(17)18)5-3-10-11(14)9(13)4-6-15(10,19)8-16/h9-11,16,19H,3-8H2,1-2H3,(H,17,18)/t9-,10-,11+,14-,15+/m0/s1. The van der Waals surface area contributed by atoms with Crippen molar-refractivity contribution in [1.29, 1.82) is 0 Å². The molecule has 0 saturated heterocycles. The first-order valence-electron chi connectivity index (χ1n) is 7.33. The summed E-state index contributed by atoms with van der Waals surface area (Å²) in [4.78, 5) is 11.9. The molecule has 3 saturated carbocycles. The monoisotopic (exact) mass is 268 g/mol. The van der Waals surface area contributed by atoms with E-state index in [4.69, 9.17) is 0 Å². The normalized spacial score (nSPS) is 51.1. The number of aliphatic carboxylic acids is 1. The lowest BCUT2D eigenvalue weighted by molar-refractivity contribution is -0.156. The van der Waals surface area contributed by atoms with Gasteiger partial charge in [0.15, 0.2) is 0 Å². The van der Waals surface area contributed by atoms with Crippen molar-refractivity contribution < 1.29 is 20.1 Å². The third kappa shape index (κ3) is 1.50. The van der Waals surface area contributed by atoms with Crippen LogP contribution in [0.3, 0.4) is 0 Å². The van der Waals surface area contributed by atoms with Crippen molar-refractivity contribution in [1.82, 2.24) is 0 Å². The maximum absolute atomic E-state index is 11.9. The minimum atomic E-state index is -1.06. The Morgan fingerprint density at radius 2 is 1.84 bits per heavy atom. The average Bonchev–Trinajstić information content (AvgIpc) is 2.80. The van der Waals surface area contributed by atoms with Gasteiger partial charge < -0.3 is 15.3 Å². The van der Waals surface area contributed by atoms with Crippen LogP contribution in [0.5, 0.6) is 0 Å². The van der Waals surface area contributed by atoms with E-state index in [2.05, 4.69) is 13.8 Å². The molecule has 0 bridgehead atoms. The minimum Gasteiger partial charge on any atom is -0.481 e. The summed E-state index contributed by atoms with van der Waals surface area (Å²) in [7, 11) is 0. The summed E-state index contributed by atoms with van der Waals surface area (Å²) in [6.07, 6.45) is 3.54. The van der Waals surface area contributed by atoms with E-state index in [1.807, 2.05) is 0 Å². The number of aliphatic hydroxyl groups excluding tert-OH is 1. The molecule has 108 valence electrons. The van der Waals surface area contributed by atoms with Crippen LogP contribution in [0.2, 0.25) is 0 Å². The Labute approximate surface area is 113 Å². The first kappa shape index (κ1) is 13.4. The molecule has 0 heterocycles. The maximum atomic E-state index is 11.9. The minimum absolute atomic E-state index is 0.0263. The predicted octanol–water partition coefficient (Wildman–Crippen LogP) is 1.65. The number of aliphatic hydroxyl groups is 2. The van der Waals surface area contributed by atoms with Gasteiger partial charge in [-0.1, -0.05) is 13.8 Å². The van der Waals surface area contributed by atoms with Gasteiger partial charge in [0, 0.05) is 0 Å². The zero-order valence-corrected chi connectivity index (χ0v) is 11.7. The molecule has 0 aromatic rings. The molecule has 3 rings (SSSR count). The molecular formula is C15H24O4. The van der Waals surface area contributed by atoms with Gasteiger partial charge in [0.25, 0.3) is 0 Å². The molecule has 5 atom stereocenters. The van der Waals surface area contributed by atoms with Crippen LogP contribution in [0.25, 0.3) is 0 Å². The SMILES string of the molecule is CC1(C)C[C@@]2(C(=O)O)CC[C@H]3[C@H]2[C@@H]1CC[C@@]3(O)CO. The van der Waals surface area contributed by atoms with E-state index in [-0.39, 0.29) is 23.9 Å². The predicted molar refractivity (Wildman–Crippen MR) is 69.4 cm³/mol. The van der Waals surface area contributed by atoms with Crippen molar-refractivity contribution >= 4 is 5.97 Å². The molecule has 4 nitrogen and oxygen atoms in total. The molecule has 0 aliphatic heterocycles. The van der Waals surface area contributed by atoms with E-state index in [9.17, 15) is 20.1 Å². The van der Waals surface area contributed by atoms with Crippen molar-refractivity contribution in [3.8, 4) is 0 Å². The second-order valence-corrected chi connectivity index (χ2v) is 7.70. The van der Waals surface area contributed by atoms with Gasteiger partial charge in [0.2, 0.25) is 0 Å². The Balaban J connectivity index is 2.06. The summed E-state index contributed by atoms with van der Waals surface area (Å²) < 4.78 is 0. The largest absolute Gasteiger partial charge is 0.481 e. The summed E-state index contributed by atoms with van der Waals surface area (Å²) in [5, 5.41) is 29.9. The summed E-state index contributed by atoms with van der Waals surface area (Å²) >= 11 is 0. The van der Waals surface area contributed by atoms with Crippen LogP contribution in [-0.2, 0) is 4.79 Å². The fraction of sp³-hybridized carbons (Fsp3) is 0.933. The highest BCUT2D eigenvalue weighted by molar-refractivity contribution is 5.76. The van der Waals surface area contributed by atoms with Crippen LogP contribution in [0.15, 0.2) is 0 Å². The second-order valence-electron chi connectivity index (χ2n) is 7.70.